The van der Waals surface area contributed by atoms with Gasteiger partial charge in [-0.25, -0.2) is 4.39 Å². The number of hydrogen-bond donors (Lipinski definition) is 2. The van der Waals surface area contributed by atoms with Gasteiger partial charge >= 0.3 is 5.97 Å². The number of aliphatic carboxylic acids is 1. The summed E-state index contributed by atoms with van der Waals surface area (Å²) >= 11 is 0. The van der Waals surface area contributed by atoms with Crippen molar-refractivity contribution < 1.29 is 33.0 Å². The number of ether oxygens (including phenoxy) is 1. The summed E-state index contributed by atoms with van der Waals surface area (Å²) in [6.45, 7) is 4.66. The number of likely N-dealkylation sites (N-methyl/N-ethyl adjacent to an activating group) is 1. The number of allylic oxidation sites excluding steroid dienone is 1. The highest BCUT2D eigenvalue weighted by Crippen LogP contribution is 2.30. The van der Waals surface area contributed by atoms with Crippen LogP contribution in [0.2, 0.25) is 0 Å². The highest BCUT2D eigenvalue weighted by molar-refractivity contribution is 5.85. The van der Waals surface area contributed by atoms with Crippen molar-refractivity contribution in [3.63, 3.8) is 0 Å². The van der Waals surface area contributed by atoms with Crippen LogP contribution in [-0.4, -0.2) is 60.6 Å². The van der Waals surface area contributed by atoms with E-state index >= 15 is 0 Å². The molecule has 0 aliphatic heterocycles. The van der Waals surface area contributed by atoms with Crippen LogP contribution in [0.5, 0.6) is 5.75 Å². The lowest BCUT2D eigenvalue weighted by Crippen LogP contribution is -2.48. The Morgan fingerprint density at radius 2 is 1.86 bits per heavy atom. The molecule has 0 saturated carbocycles. The second kappa shape index (κ2) is 12.5. The van der Waals surface area contributed by atoms with Crippen LogP contribution in [0.25, 0.3) is 0 Å². The van der Waals surface area contributed by atoms with Gasteiger partial charge in [-0.3, -0.25) is 4.79 Å². The first-order valence-corrected chi connectivity index (χ1v) is 11.6. The summed E-state index contributed by atoms with van der Waals surface area (Å²) in [5.74, 6) is -3.81. The zero-order valence-corrected chi connectivity index (χ0v) is 21.1. The molecular formula is C27H35ClF2NO4+. The van der Waals surface area contributed by atoms with Gasteiger partial charge in [0.1, 0.15) is 19.3 Å². The smallest absolute Gasteiger partial charge is 0.304 e. The maximum Gasteiger partial charge on any atom is 0.304 e. The third-order valence-corrected chi connectivity index (χ3v) is 6.54. The van der Waals surface area contributed by atoms with Gasteiger partial charge in [0.2, 0.25) is 5.82 Å². The van der Waals surface area contributed by atoms with Crippen molar-refractivity contribution >= 4 is 18.4 Å². The molecule has 0 amide bonds. The van der Waals surface area contributed by atoms with Crippen LogP contribution >= 0.6 is 12.4 Å². The van der Waals surface area contributed by atoms with E-state index < -0.39 is 29.6 Å². The Bertz CT molecular complexity index is 1010. The average Bonchev–Trinajstić information content (AvgIpc) is 3.20. The number of aliphatic hydroxyl groups is 1. The summed E-state index contributed by atoms with van der Waals surface area (Å²) in [5, 5.41) is 19.6. The Morgan fingerprint density at radius 1 is 1.23 bits per heavy atom. The number of hydrogen-bond acceptors (Lipinski definition) is 3. The number of benzene rings is 2. The number of nitrogens with zero attached hydrogens (tertiary/aromatic N) is 1. The van der Waals surface area contributed by atoms with Crippen molar-refractivity contribution in [3.8, 4) is 5.75 Å². The molecule has 3 rings (SSSR count). The predicted molar refractivity (Wildman–Crippen MR) is 134 cm³/mol. The molecule has 0 aromatic heterocycles. The van der Waals surface area contributed by atoms with Gasteiger partial charge in [-0.05, 0) is 47.6 Å². The standard InChI is InChI=1S/C27H33F2NO4.ClH/c1-4-19(15-26(32)33)22-13-24(28)27(29)25(14-22)34-17-23(31)16-30(2,3)10-9-18-11-20-7-5-6-8-21(20)12-18;/h4-8,13-14,18-19,23,31H,1,9-12,15-17H2,2-3H3;1H/p+1/t19?,23-;/m1./s1. The van der Waals surface area contributed by atoms with Crippen molar-refractivity contribution in [3.05, 3.63) is 77.4 Å². The summed E-state index contributed by atoms with van der Waals surface area (Å²) in [6.07, 6.45) is 3.39. The number of fused-ring (bicyclic) bond motifs is 1. The maximum atomic E-state index is 14.3. The minimum absolute atomic E-state index is 0. The molecule has 0 fully saturated rings. The highest BCUT2D eigenvalue weighted by Gasteiger charge is 2.27. The van der Waals surface area contributed by atoms with E-state index in [4.69, 9.17) is 9.84 Å². The van der Waals surface area contributed by atoms with E-state index in [0.717, 1.165) is 31.9 Å². The van der Waals surface area contributed by atoms with Gasteiger partial charge in [0.05, 0.1) is 27.1 Å². The fourth-order valence-electron chi connectivity index (χ4n) is 4.71. The third kappa shape index (κ3) is 8.02. The lowest BCUT2D eigenvalue weighted by atomic mass is 9.95. The number of quaternary nitrogens is 1. The molecule has 1 aliphatic carbocycles. The summed E-state index contributed by atoms with van der Waals surface area (Å²) in [4.78, 5) is 11.0. The van der Waals surface area contributed by atoms with Crippen molar-refractivity contribution in [2.24, 2.45) is 5.92 Å². The van der Waals surface area contributed by atoms with Gasteiger partial charge < -0.3 is 19.4 Å². The van der Waals surface area contributed by atoms with Gasteiger partial charge in [-0.2, -0.15) is 4.39 Å². The van der Waals surface area contributed by atoms with Crippen LogP contribution in [0.1, 0.15) is 35.4 Å². The lowest BCUT2D eigenvalue weighted by molar-refractivity contribution is -0.894. The molecule has 0 bridgehead atoms. The molecular weight excluding hydrogens is 476 g/mol. The largest absolute Gasteiger partial charge is 0.487 e. The molecule has 2 N–H and O–H groups in total. The third-order valence-electron chi connectivity index (χ3n) is 6.54. The van der Waals surface area contributed by atoms with Gasteiger partial charge in [0, 0.05) is 12.3 Å². The molecule has 0 heterocycles. The van der Waals surface area contributed by atoms with Crippen molar-refractivity contribution in [2.75, 3.05) is 33.8 Å². The summed E-state index contributed by atoms with van der Waals surface area (Å²) in [5.41, 5.74) is 3.10. The summed E-state index contributed by atoms with van der Waals surface area (Å²) < 4.78 is 34.4. The van der Waals surface area contributed by atoms with E-state index in [2.05, 4.69) is 30.8 Å². The number of aliphatic hydroxyl groups excluding tert-OH is 1. The molecule has 2 atom stereocenters. The minimum Gasteiger partial charge on any atom is -0.487 e. The maximum absolute atomic E-state index is 14.3. The highest BCUT2D eigenvalue weighted by atomic mass is 35.5. The summed E-state index contributed by atoms with van der Waals surface area (Å²) in [7, 11) is 4.07. The Labute approximate surface area is 212 Å². The molecule has 2 aromatic rings. The fourth-order valence-corrected chi connectivity index (χ4v) is 4.71. The first-order valence-electron chi connectivity index (χ1n) is 11.6. The molecule has 0 radical (unpaired) electrons. The Balaban J connectivity index is 0.00000432. The van der Waals surface area contributed by atoms with E-state index in [1.807, 2.05) is 14.1 Å². The molecule has 0 spiro atoms. The first-order chi connectivity index (χ1) is 16.1. The van der Waals surface area contributed by atoms with Crippen LogP contribution in [0.15, 0.2) is 49.1 Å². The normalized spacial score (nSPS) is 15.1. The second-order valence-corrected chi connectivity index (χ2v) is 9.89. The van der Waals surface area contributed by atoms with Crippen LogP contribution in [-0.2, 0) is 17.6 Å². The molecule has 192 valence electrons. The second-order valence-electron chi connectivity index (χ2n) is 9.89. The van der Waals surface area contributed by atoms with E-state index in [0.29, 0.717) is 16.9 Å². The molecule has 2 aromatic carbocycles. The van der Waals surface area contributed by atoms with Crippen LogP contribution in [0, 0.1) is 17.6 Å². The minimum atomic E-state index is -1.16. The quantitative estimate of drug-likeness (QED) is 0.319. The first kappa shape index (κ1) is 28.8. The van der Waals surface area contributed by atoms with Crippen LogP contribution in [0.3, 0.4) is 0 Å². The zero-order valence-electron chi connectivity index (χ0n) is 20.3. The van der Waals surface area contributed by atoms with Crippen molar-refractivity contribution in [2.45, 2.75) is 37.7 Å². The Morgan fingerprint density at radius 3 is 2.43 bits per heavy atom. The topological polar surface area (TPSA) is 66.8 Å². The SMILES string of the molecule is C=CC(CC(=O)O)c1cc(F)c(F)c(OC[C@H](O)C[N+](C)(C)CCC2Cc3ccccc3C2)c1.Cl. The molecule has 0 saturated heterocycles. The van der Waals surface area contributed by atoms with Gasteiger partial charge in [-0.15, -0.1) is 19.0 Å². The molecule has 1 unspecified atom stereocenters. The van der Waals surface area contributed by atoms with Crippen LogP contribution < -0.4 is 4.74 Å². The van der Waals surface area contributed by atoms with Crippen molar-refractivity contribution in [1.29, 1.82) is 0 Å². The van der Waals surface area contributed by atoms with E-state index in [1.54, 1.807) is 0 Å². The van der Waals surface area contributed by atoms with E-state index in [9.17, 15) is 18.7 Å². The van der Waals surface area contributed by atoms with Gasteiger partial charge in [-0.1, -0.05) is 30.3 Å². The number of carboxylic acid groups (broad SMARTS) is 1. The summed E-state index contributed by atoms with van der Waals surface area (Å²) in [6, 6.07) is 10.8. The molecule has 35 heavy (non-hydrogen) atoms. The predicted octanol–water partition coefficient (Wildman–Crippen LogP) is 4.75. The number of rotatable bonds is 12. The van der Waals surface area contributed by atoms with Gasteiger partial charge in [0.15, 0.2) is 11.6 Å². The lowest BCUT2D eigenvalue weighted by Gasteiger charge is -2.32. The number of carbonyl (C=O) groups is 1. The monoisotopic (exact) mass is 510 g/mol. The zero-order chi connectivity index (χ0) is 24.9. The fraction of sp³-hybridized carbons (Fsp3) is 0.444. The Hall–Kier alpha value is -2.48. The molecule has 1 aliphatic rings. The average molecular weight is 511 g/mol. The van der Waals surface area contributed by atoms with Gasteiger partial charge in [0.25, 0.3) is 0 Å². The van der Waals surface area contributed by atoms with E-state index in [1.165, 1.54) is 23.3 Å². The molecule has 8 heteroatoms. The number of carboxylic acids is 1. The number of halogens is 3. The molecule has 5 nitrogen and oxygen atoms in total. The van der Waals surface area contributed by atoms with Crippen LogP contribution in [0.4, 0.5) is 8.78 Å². The van der Waals surface area contributed by atoms with Crippen molar-refractivity contribution in [1.82, 2.24) is 0 Å². The Kier molecular flexibility index (Phi) is 10.2. The van der Waals surface area contributed by atoms with E-state index in [-0.39, 0.29) is 36.7 Å².